The lowest BCUT2D eigenvalue weighted by atomic mass is 9.92. The second-order valence-corrected chi connectivity index (χ2v) is 4.48. The predicted molar refractivity (Wildman–Crippen MR) is 64.6 cm³/mol. The Kier molecular flexibility index (Phi) is 3.27. The molecule has 0 radical (unpaired) electrons. The Labute approximate surface area is 91.9 Å². The monoisotopic (exact) mass is 204 g/mol. The fraction of sp³-hybridized carbons (Fsp3) is 0.538. The van der Waals surface area contributed by atoms with Gasteiger partial charge in [-0.05, 0) is 43.5 Å². The molecule has 1 aromatic rings. The Morgan fingerprint density at radius 2 is 1.80 bits per heavy atom. The first kappa shape index (κ1) is 10.5. The summed E-state index contributed by atoms with van der Waals surface area (Å²) in [5, 5.41) is 3.44. The Bertz CT molecular complexity index is 299. The van der Waals surface area contributed by atoms with E-state index in [0.717, 1.165) is 11.6 Å². The molecule has 2 nitrogen and oxygen atoms in total. The average Bonchev–Trinajstić information content (AvgIpc) is 2.75. The number of nitrogens with two attached hydrogens (primary N) is 1. The van der Waals surface area contributed by atoms with Crippen molar-refractivity contribution in [1.29, 1.82) is 0 Å². The Hall–Kier alpha value is -1.02. The first-order valence-corrected chi connectivity index (χ1v) is 5.84. The molecule has 15 heavy (non-hydrogen) atoms. The maximum Gasteiger partial charge on any atom is 0.0346 e. The van der Waals surface area contributed by atoms with Crippen LogP contribution in [0.4, 0.5) is 5.69 Å². The largest absolute Gasteiger partial charge is 0.399 e. The summed E-state index contributed by atoms with van der Waals surface area (Å²) in [6.45, 7) is 0. The molecular weight excluding hydrogens is 184 g/mol. The molecule has 1 fully saturated rings. The summed E-state index contributed by atoms with van der Waals surface area (Å²) >= 11 is 0. The van der Waals surface area contributed by atoms with Crippen LogP contribution < -0.4 is 11.1 Å². The third kappa shape index (κ3) is 2.32. The van der Waals surface area contributed by atoms with E-state index in [1.54, 1.807) is 0 Å². The molecule has 3 N–H and O–H groups in total. The lowest BCUT2D eigenvalue weighted by molar-refractivity contribution is 0.390. The number of benzene rings is 1. The normalized spacial score (nSPS) is 19.3. The van der Waals surface area contributed by atoms with Crippen molar-refractivity contribution in [1.82, 2.24) is 5.32 Å². The van der Waals surface area contributed by atoms with Gasteiger partial charge in [0.15, 0.2) is 0 Å². The highest BCUT2D eigenvalue weighted by Gasteiger charge is 2.24. The Morgan fingerprint density at radius 3 is 2.33 bits per heavy atom. The highest BCUT2D eigenvalue weighted by Crippen LogP contribution is 2.35. The molecule has 0 spiro atoms. The maximum atomic E-state index is 5.70. The standard InChI is InChI=1S/C13H20N2/c1-15-13(10-4-2-3-5-10)11-6-8-12(14)9-7-11/h6-10,13,15H,2-5,14H2,1H3. The van der Waals surface area contributed by atoms with Gasteiger partial charge in [-0.1, -0.05) is 25.0 Å². The molecule has 1 aliphatic rings. The summed E-state index contributed by atoms with van der Waals surface area (Å²) in [6, 6.07) is 8.79. The first-order chi connectivity index (χ1) is 7.31. The number of nitrogen functional groups attached to an aromatic ring is 1. The van der Waals surface area contributed by atoms with Gasteiger partial charge in [-0.25, -0.2) is 0 Å². The van der Waals surface area contributed by atoms with Crippen LogP contribution >= 0.6 is 0 Å². The van der Waals surface area contributed by atoms with Crippen LogP contribution in [0.5, 0.6) is 0 Å². The van der Waals surface area contributed by atoms with Crippen LogP contribution in [0, 0.1) is 5.92 Å². The van der Waals surface area contributed by atoms with E-state index in [2.05, 4.69) is 24.5 Å². The number of nitrogens with one attached hydrogen (secondary N) is 1. The SMILES string of the molecule is CNC(c1ccc(N)cc1)C1CCCC1. The smallest absolute Gasteiger partial charge is 0.0346 e. The Balaban J connectivity index is 2.14. The fourth-order valence-electron chi connectivity index (χ4n) is 2.67. The van der Waals surface area contributed by atoms with Gasteiger partial charge in [0.2, 0.25) is 0 Å². The van der Waals surface area contributed by atoms with Gasteiger partial charge in [-0.15, -0.1) is 0 Å². The van der Waals surface area contributed by atoms with E-state index in [9.17, 15) is 0 Å². The van der Waals surface area contributed by atoms with E-state index in [4.69, 9.17) is 5.73 Å². The molecule has 0 saturated heterocycles. The highest BCUT2D eigenvalue weighted by atomic mass is 14.9. The molecule has 1 atom stereocenters. The van der Waals surface area contributed by atoms with Gasteiger partial charge in [0.05, 0.1) is 0 Å². The minimum Gasteiger partial charge on any atom is -0.399 e. The topological polar surface area (TPSA) is 38.0 Å². The van der Waals surface area contributed by atoms with Crippen LogP contribution in [0.2, 0.25) is 0 Å². The fourth-order valence-corrected chi connectivity index (χ4v) is 2.67. The molecule has 2 heteroatoms. The van der Waals surface area contributed by atoms with Crippen molar-refractivity contribution in [2.75, 3.05) is 12.8 Å². The summed E-state index contributed by atoms with van der Waals surface area (Å²) in [6.07, 6.45) is 5.49. The molecular formula is C13H20N2. The van der Waals surface area contributed by atoms with Crippen molar-refractivity contribution in [2.24, 2.45) is 5.92 Å². The average molecular weight is 204 g/mol. The minimum absolute atomic E-state index is 0.508. The number of hydrogen-bond donors (Lipinski definition) is 2. The number of anilines is 1. The molecule has 1 aromatic carbocycles. The third-order valence-corrected chi connectivity index (χ3v) is 3.48. The molecule has 1 saturated carbocycles. The van der Waals surface area contributed by atoms with E-state index in [-0.39, 0.29) is 0 Å². The second-order valence-electron chi connectivity index (χ2n) is 4.48. The summed E-state index contributed by atoms with van der Waals surface area (Å²) in [5.74, 6) is 0.804. The highest BCUT2D eigenvalue weighted by molar-refractivity contribution is 5.40. The van der Waals surface area contributed by atoms with Gasteiger partial charge in [-0.3, -0.25) is 0 Å². The van der Waals surface area contributed by atoms with Crippen molar-refractivity contribution in [2.45, 2.75) is 31.7 Å². The van der Waals surface area contributed by atoms with Crippen molar-refractivity contribution in [3.05, 3.63) is 29.8 Å². The van der Waals surface area contributed by atoms with E-state index < -0.39 is 0 Å². The van der Waals surface area contributed by atoms with Crippen LogP contribution in [0.3, 0.4) is 0 Å². The van der Waals surface area contributed by atoms with Crippen LogP contribution in [0.1, 0.15) is 37.3 Å². The van der Waals surface area contributed by atoms with Crippen molar-refractivity contribution in [3.63, 3.8) is 0 Å². The zero-order valence-corrected chi connectivity index (χ0v) is 9.37. The van der Waals surface area contributed by atoms with Gasteiger partial charge in [-0.2, -0.15) is 0 Å². The van der Waals surface area contributed by atoms with Crippen LogP contribution in [-0.2, 0) is 0 Å². The molecule has 0 bridgehead atoms. The van der Waals surface area contributed by atoms with E-state index in [1.807, 2.05) is 12.1 Å². The molecule has 0 aliphatic heterocycles. The van der Waals surface area contributed by atoms with E-state index >= 15 is 0 Å². The zero-order valence-electron chi connectivity index (χ0n) is 9.37. The summed E-state index contributed by atoms with van der Waals surface area (Å²) in [7, 11) is 2.05. The predicted octanol–water partition coefficient (Wildman–Crippen LogP) is 2.72. The molecule has 0 heterocycles. The summed E-state index contributed by atoms with van der Waals surface area (Å²) < 4.78 is 0. The van der Waals surface area contributed by atoms with E-state index in [1.165, 1.54) is 31.2 Å². The van der Waals surface area contributed by atoms with Crippen LogP contribution in [-0.4, -0.2) is 7.05 Å². The van der Waals surface area contributed by atoms with Gasteiger partial charge < -0.3 is 11.1 Å². The summed E-state index contributed by atoms with van der Waals surface area (Å²) in [4.78, 5) is 0. The second kappa shape index (κ2) is 4.67. The van der Waals surface area contributed by atoms with Crippen molar-refractivity contribution in [3.8, 4) is 0 Å². The maximum absolute atomic E-state index is 5.70. The zero-order chi connectivity index (χ0) is 10.7. The van der Waals surface area contributed by atoms with Gasteiger partial charge >= 0.3 is 0 Å². The molecule has 0 amide bonds. The van der Waals surface area contributed by atoms with Crippen LogP contribution in [0.15, 0.2) is 24.3 Å². The quantitative estimate of drug-likeness (QED) is 0.743. The Morgan fingerprint density at radius 1 is 1.20 bits per heavy atom. The van der Waals surface area contributed by atoms with Gasteiger partial charge in [0, 0.05) is 11.7 Å². The van der Waals surface area contributed by atoms with Gasteiger partial charge in [0.25, 0.3) is 0 Å². The minimum atomic E-state index is 0.508. The van der Waals surface area contributed by atoms with Crippen molar-refractivity contribution >= 4 is 5.69 Å². The molecule has 0 aromatic heterocycles. The molecule has 2 rings (SSSR count). The lowest BCUT2D eigenvalue weighted by Gasteiger charge is -2.23. The van der Waals surface area contributed by atoms with Crippen LogP contribution in [0.25, 0.3) is 0 Å². The lowest BCUT2D eigenvalue weighted by Crippen LogP contribution is -2.23. The number of hydrogen-bond acceptors (Lipinski definition) is 2. The summed E-state index contributed by atoms with van der Waals surface area (Å²) in [5.41, 5.74) is 7.92. The molecule has 1 aliphatic carbocycles. The molecule has 82 valence electrons. The van der Waals surface area contributed by atoms with Gasteiger partial charge in [0.1, 0.15) is 0 Å². The first-order valence-electron chi connectivity index (χ1n) is 5.84. The number of rotatable bonds is 3. The van der Waals surface area contributed by atoms with E-state index in [0.29, 0.717) is 6.04 Å². The third-order valence-electron chi connectivity index (χ3n) is 3.48. The van der Waals surface area contributed by atoms with Crippen molar-refractivity contribution < 1.29 is 0 Å². The molecule has 1 unspecified atom stereocenters.